The van der Waals surface area contributed by atoms with Crippen LogP contribution in [-0.2, 0) is 28.8 Å². The van der Waals surface area contributed by atoms with E-state index in [0.29, 0.717) is 40.6 Å². The summed E-state index contributed by atoms with van der Waals surface area (Å²) in [5, 5.41) is 18.7. The maximum absolute atomic E-state index is 14.5. The van der Waals surface area contributed by atoms with E-state index in [9.17, 15) is 29.1 Å². The number of ether oxygens (including phenoxy) is 2. The van der Waals surface area contributed by atoms with Gasteiger partial charge in [-0.1, -0.05) is 56.3 Å². The number of amides is 2. The number of carbonyl (C=O) groups excluding carboxylic acids is 5. The fraction of sp³-hybridized carbons (Fsp3) is 0.676. The van der Waals surface area contributed by atoms with Gasteiger partial charge in [0.1, 0.15) is 17.5 Å². The van der Waals surface area contributed by atoms with Crippen LogP contribution in [-0.4, -0.2) is 88.9 Å². The van der Waals surface area contributed by atoms with E-state index in [0.717, 1.165) is 32.1 Å². The number of Topliss-reactive ketones (excluding diaryl/α,β-unsaturated/α-hetero) is 3. The summed E-state index contributed by atoms with van der Waals surface area (Å²) in [5.74, 6) is -2.30. The number of oxime groups is 1. The first-order valence-corrected chi connectivity index (χ1v) is 18.1. The Labute approximate surface area is 299 Å². The van der Waals surface area contributed by atoms with E-state index in [1.54, 1.807) is 19.1 Å². The Hall–Kier alpha value is -3.51. The zero-order valence-electron chi connectivity index (χ0n) is 30.1. The number of hydrogen-bond donors (Lipinski definition) is 2. The van der Waals surface area contributed by atoms with Crippen LogP contribution in [0.4, 0.5) is 0 Å². The molecule has 1 saturated carbocycles. The molecule has 0 unspecified atom stereocenters. The van der Waals surface area contributed by atoms with Gasteiger partial charge in [-0.25, -0.2) is 0 Å². The number of rotatable bonds is 16. The van der Waals surface area contributed by atoms with E-state index in [1.165, 1.54) is 33.0 Å². The number of aliphatic hydroxyl groups is 1. The third kappa shape index (κ3) is 9.04. The summed E-state index contributed by atoms with van der Waals surface area (Å²) in [6.45, 7) is 6.28. The number of benzene rings is 1. The molecule has 1 aromatic rings. The Kier molecular flexibility index (Phi) is 13.1. The fourth-order valence-corrected chi connectivity index (χ4v) is 7.69. The molecule has 2 heterocycles. The van der Waals surface area contributed by atoms with Crippen LogP contribution in [0.5, 0.6) is 11.5 Å². The summed E-state index contributed by atoms with van der Waals surface area (Å²) >= 11 is 6.45. The molecule has 1 spiro atoms. The minimum Gasteiger partial charge on any atom is -0.496 e. The number of nitrogens with one attached hydrogen (secondary N) is 1. The van der Waals surface area contributed by atoms with Gasteiger partial charge in [-0.15, -0.1) is 0 Å². The summed E-state index contributed by atoms with van der Waals surface area (Å²) in [5.41, 5.74) is -1.77. The minimum absolute atomic E-state index is 0.0327. The molecule has 0 radical (unpaired) electrons. The number of likely N-dealkylation sites (tertiary alicyclic amines) is 1. The summed E-state index contributed by atoms with van der Waals surface area (Å²) < 4.78 is 10.9. The first-order valence-electron chi connectivity index (χ1n) is 17.8. The first kappa shape index (κ1) is 39.3. The normalized spacial score (nSPS) is 22.0. The van der Waals surface area contributed by atoms with Crippen molar-refractivity contribution in [3.8, 4) is 11.5 Å². The van der Waals surface area contributed by atoms with Gasteiger partial charge in [-0.2, -0.15) is 0 Å². The van der Waals surface area contributed by atoms with Crippen LogP contribution in [0, 0.1) is 11.8 Å². The zero-order valence-corrected chi connectivity index (χ0v) is 30.9. The minimum atomic E-state index is -1.68. The van der Waals surface area contributed by atoms with Crippen molar-refractivity contribution in [3.63, 3.8) is 0 Å². The van der Waals surface area contributed by atoms with E-state index in [4.69, 9.17) is 25.9 Å². The number of methoxy groups -OCH3 is 2. The molecule has 0 bridgehead atoms. The molecule has 4 rings (SSSR count). The second kappa shape index (κ2) is 16.7. The van der Waals surface area contributed by atoms with Crippen LogP contribution in [0.25, 0.3) is 0 Å². The fourth-order valence-electron chi connectivity index (χ4n) is 7.45. The van der Waals surface area contributed by atoms with Gasteiger partial charge in [0.25, 0.3) is 0 Å². The van der Waals surface area contributed by atoms with Gasteiger partial charge >= 0.3 is 0 Å². The average molecular weight is 718 g/mol. The highest BCUT2D eigenvalue weighted by Crippen LogP contribution is 2.43. The molecule has 0 aromatic heterocycles. The molecule has 2 N–H and O–H groups in total. The molecule has 2 aliphatic heterocycles. The highest BCUT2D eigenvalue weighted by molar-refractivity contribution is 6.38. The maximum atomic E-state index is 14.5. The Morgan fingerprint density at radius 3 is 2.38 bits per heavy atom. The van der Waals surface area contributed by atoms with Crippen molar-refractivity contribution in [2.24, 2.45) is 17.0 Å². The smallest absolute Gasteiger partial charge is 0.248 e. The van der Waals surface area contributed by atoms with Gasteiger partial charge < -0.3 is 29.6 Å². The molecule has 4 atom stereocenters. The van der Waals surface area contributed by atoms with Gasteiger partial charge in [0.05, 0.1) is 43.1 Å². The molecular formula is C37H52ClN3O9. The maximum Gasteiger partial charge on any atom is 0.248 e. The van der Waals surface area contributed by atoms with Crippen molar-refractivity contribution in [2.45, 2.75) is 128 Å². The van der Waals surface area contributed by atoms with E-state index < -0.39 is 52.5 Å². The van der Waals surface area contributed by atoms with Crippen LogP contribution >= 0.6 is 11.6 Å². The molecule has 1 aromatic carbocycles. The van der Waals surface area contributed by atoms with Crippen LogP contribution in [0.15, 0.2) is 17.3 Å². The van der Waals surface area contributed by atoms with Gasteiger partial charge in [0.15, 0.2) is 17.2 Å². The van der Waals surface area contributed by atoms with E-state index in [1.807, 2.05) is 6.92 Å². The lowest BCUT2D eigenvalue weighted by atomic mass is 9.86. The topological polar surface area (TPSA) is 161 Å². The third-order valence-electron chi connectivity index (χ3n) is 10.2. The Bertz CT molecular complexity index is 1480. The van der Waals surface area contributed by atoms with Gasteiger partial charge in [-0.05, 0) is 45.1 Å². The van der Waals surface area contributed by atoms with Crippen LogP contribution in [0.2, 0.25) is 5.02 Å². The molecule has 2 amide bonds. The molecule has 1 saturated heterocycles. The second-order valence-corrected chi connectivity index (χ2v) is 14.9. The summed E-state index contributed by atoms with van der Waals surface area (Å²) in [4.78, 5) is 74.7. The molecular weight excluding hydrogens is 666 g/mol. The molecule has 50 heavy (non-hydrogen) atoms. The molecule has 1 aliphatic carbocycles. The Morgan fingerprint density at radius 2 is 1.78 bits per heavy atom. The lowest BCUT2D eigenvalue weighted by Gasteiger charge is -2.35. The Morgan fingerprint density at radius 1 is 1.10 bits per heavy atom. The molecule has 276 valence electrons. The monoisotopic (exact) mass is 717 g/mol. The number of nitrogens with zero attached hydrogens (tertiary/aromatic N) is 2. The van der Waals surface area contributed by atoms with Crippen LogP contribution in [0.3, 0.4) is 0 Å². The standard InChI is InChI=1S/C37H52ClN3O9/c1-7-12-23(33(45)28(42)8-2)16-29(43)27-20-37(19-26(40-50-37)24-17-25(38)31(49-6)18-30(24)48-5)21-41(27)35(46)34(36(3,4)47)39-32(44)15-22-13-10-9-11-14-22/h17-18,22-23,27,34,47H,7-16,19-21H2,1-6H3,(H,39,44)/t23-,27+,34-,37-/m1/s1. The molecule has 13 heteroatoms. The van der Waals surface area contributed by atoms with E-state index in [-0.39, 0.29) is 50.5 Å². The van der Waals surface area contributed by atoms with Crippen molar-refractivity contribution < 1.29 is 43.4 Å². The van der Waals surface area contributed by atoms with Gasteiger partial charge in [0, 0.05) is 49.7 Å². The largest absolute Gasteiger partial charge is 0.496 e. The SMILES string of the molecule is CCC[C@H](CC(=O)[C@@H]1C[C@]2(CC(c3cc(Cl)c(OC)cc3OC)=NO2)CN1C(=O)[C@@H](NC(=O)CC1CCCCC1)C(C)(C)O)C(=O)C(=O)CC. The Balaban J connectivity index is 1.65. The third-order valence-corrected chi connectivity index (χ3v) is 10.5. The average Bonchev–Trinajstić information content (AvgIpc) is 3.69. The number of ketones is 3. The van der Waals surface area contributed by atoms with E-state index >= 15 is 0 Å². The molecule has 12 nitrogen and oxygen atoms in total. The van der Waals surface area contributed by atoms with Gasteiger partial charge in [-0.3, -0.25) is 24.0 Å². The quantitative estimate of drug-likeness (QED) is 0.225. The predicted molar refractivity (Wildman–Crippen MR) is 187 cm³/mol. The van der Waals surface area contributed by atoms with Crippen molar-refractivity contribution >= 4 is 46.5 Å². The van der Waals surface area contributed by atoms with Gasteiger partial charge in [0.2, 0.25) is 17.6 Å². The van der Waals surface area contributed by atoms with Crippen molar-refractivity contribution in [1.82, 2.24) is 10.2 Å². The van der Waals surface area contributed by atoms with Crippen LogP contribution < -0.4 is 14.8 Å². The first-order chi connectivity index (χ1) is 23.7. The predicted octanol–water partition coefficient (Wildman–Crippen LogP) is 4.97. The molecule has 3 aliphatic rings. The summed E-state index contributed by atoms with van der Waals surface area (Å²) in [7, 11) is 2.99. The molecule has 2 fully saturated rings. The highest BCUT2D eigenvalue weighted by Gasteiger charge is 2.56. The number of carbonyl (C=O) groups is 5. The summed E-state index contributed by atoms with van der Waals surface area (Å²) in [6, 6.07) is 0.858. The van der Waals surface area contributed by atoms with Crippen molar-refractivity contribution in [3.05, 3.63) is 22.7 Å². The second-order valence-electron chi connectivity index (χ2n) is 14.5. The number of halogens is 1. The number of hydrogen-bond acceptors (Lipinski definition) is 10. The zero-order chi connectivity index (χ0) is 36.8. The van der Waals surface area contributed by atoms with Crippen molar-refractivity contribution in [2.75, 3.05) is 20.8 Å². The lowest BCUT2D eigenvalue weighted by molar-refractivity contribution is -0.147. The van der Waals surface area contributed by atoms with E-state index in [2.05, 4.69) is 10.5 Å². The van der Waals surface area contributed by atoms with Crippen LogP contribution in [0.1, 0.15) is 110 Å². The highest BCUT2D eigenvalue weighted by atomic mass is 35.5. The lowest BCUT2D eigenvalue weighted by Crippen LogP contribution is -2.60. The van der Waals surface area contributed by atoms with Crippen molar-refractivity contribution in [1.29, 1.82) is 0 Å². The summed E-state index contributed by atoms with van der Waals surface area (Å²) in [6.07, 6.45) is 6.29.